The highest BCUT2D eigenvalue weighted by atomic mass is 19.3. The van der Waals surface area contributed by atoms with E-state index in [1.165, 1.54) is 30.6 Å². The topological polar surface area (TPSA) is 100 Å². The lowest BCUT2D eigenvalue weighted by atomic mass is 10.1. The van der Waals surface area contributed by atoms with Crippen molar-refractivity contribution >= 4 is 39.8 Å². The highest BCUT2D eigenvalue weighted by Crippen LogP contribution is 2.39. The molecule has 0 saturated heterocycles. The Kier molecular flexibility index (Phi) is 8.53. The van der Waals surface area contributed by atoms with Gasteiger partial charge in [0.15, 0.2) is 11.6 Å². The van der Waals surface area contributed by atoms with Gasteiger partial charge in [0.25, 0.3) is 0 Å². The summed E-state index contributed by atoms with van der Waals surface area (Å²) >= 11 is 0. The van der Waals surface area contributed by atoms with Crippen LogP contribution in [-0.2, 0) is 11.8 Å². The third-order valence-electron chi connectivity index (χ3n) is 6.06. The fourth-order valence-corrected chi connectivity index (χ4v) is 4.08. The van der Waals surface area contributed by atoms with Crippen molar-refractivity contribution in [1.82, 2.24) is 24.4 Å². The van der Waals surface area contributed by atoms with Crippen LogP contribution in [0.2, 0.25) is 0 Å². The van der Waals surface area contributed by atoms with Crippen molar-refractivity contribution in [3.05, 3.63) is 61.3 Å². The molecule has 0 spiro atoms. The van der Waals surface area contributed by atoms with E-state index in [-0.39, 0.29) is 23.2 Å². The minimum absolute atomic E-state index is 0.0206. The van der Waals surface area contributed by atoms with E-state index in [0.717, 1.165) is 11.6 Å². The molecule has 13 heteroatoms. The second-order valence-electron chi connectivity index (χ2n) is 9.24. The van der Waals surface area contributed by atoms with E-state index in [4.69, 9.17) is 4.74 Å². The second kappa shape index (κ2) is 12.0. The number of amides is 1. The third kappa shape index (κ3) is 6.49. The van der Waals surface area contributed by atoms with Crippen molar-refractivity contribution in [1.29, 1.82) is 0 Å². The smallest absolute Gasteiger partial charge is 0.387 e. The fraction of sp³-hybridized carbons (Fsp3) is 0.259. The van der Waals surface area contributed by atoms with Gasteiger partial charge in [-0.15, -0.1) is 0 Å². The molecular formula is C27H29F3N8O2. The number of halogens is 3. The first kappa shape index (κ1) is 28.4. The standard InChI is InChI=1S/C27H29F3N8O2/c1-6-24(39)33-19-12-20(23(40-26(29)30)13-22(19)37(4)10-9-36(2)3)34-27-32-15-31-25(35-27)18-14-38(5)21-8-7-16(28)11-17(18)21/h6-8,11-15,26H,1,9-10H2,2-5H3,(H,33,39)(H,31,32,34,35). The summed E-state index contributed by atoms with van der Waals surface area (Å²) in [5.41, 5.74) is 2.19. The summed E-state index contributed by atoms with van der Waals surface area (Å²) in [4.78, 5) is 28.8. The zero-order valence-corrected chi connectivity index (χ0v) is 22.5. The van der Waals surface area contributed by atoms with E-state index >= 15 is 0 Å². The van der Waals surface area contributed by atoms with E-state index in [2.05, 4.69) is 32.2 Å². The van der Waals surface area contributed by atoms with Gasteiger partial charge in [-0.3, -0.25) is 4.79 Å². The number of carbonyl (C=O) groups excluding carboxylic acids is 1. The lowest BCUT2D eigenvalue weighted by molar-refractivity contribution is -0.111. The average molecular weight is 555 g/mol. The van der Waals surface area contributed by atoms with Gasteiger partial charge < -0.3 is 29.7 Å². The number of benzene rings is 2. The van der Waals surface area contributed by atoms with Gasteiger partial charge >= 0.3 is 6.61 Å². The number of ether oxygens (including phenoxy) is 1. The molecule has 4 aromatic rings. The van der Waals surface area contributed by atoms with Gasteiger partial charge in [0.2, 0.25) is 11.9 Å². The van der Waals surface area contributed by atoms with E-state index in [9.17, 15) is 18.0 Å². The van der Waals surface area contributed by atoms with Gasteiger partial charge in [-0.1, -0.05) is 6.58 Å². The predicted molar refractivity (Wildman–Crippen MR) is 149 cm³/mol. The number of alkyl halides is 2. The summed E-state index contributed by atoms with van der Waals surface area (Å²) < 4.78 is 47.5. The molecule has 0 bridgehead atoms. The monoisotopic (exact) mass is 554 g/mol. The van der Waals surface area contributed by atoms with Gasteiger partial charge in [0, 0.05) is 55.9 Å². The Morgan fingerprint density at radius 3 is 2.62 bits per heavy atom. The first-order valence-corrected chi connectivity index (χ1v) is 12.2. The van der Waals surface area contributed by atoms with Gasteiger partial charge in [-0.2, -0.15) is 13.8 Å². The van der Waals surface area contributed by atoms with E-state index in [1.807, 2.05) is 35.5 Å². The Hall–Kier alpha value is -4.65. The minimum Gasteiger partial charge on any atom is -0.433 e. The Balaban J connectivity index is 1.76. The summed E-state index contributed by atoms with van der Waals surface area (Å²) in [6.45, 7) is 1.57. The van der Waals surface area contributed by atoms with Gasteiger partial charge in [-0.05, 0) is 44.4 Å². The number of carbonyl (C=O) groups is 1. The maximum Gasteiger partial charge on any atom is 0.387 e. The molecule has 0 fully saturated rings. The van der Waals surface area contributed by atoms with E-state index in [0.29, 0.717) is 35.4 Å². The van der Waals surface area contributed by atoms with Crippen LogP contribution in [0.5, 0.6) is 5.75 Å². The van der Waals surface area contributed by atoms with Crippen LogP contribution in [0.25, 0.3) is 22.3 Å². The Morgan fingerprint density at radius 1 is 1.15 bits per heavy atom. The summed E-state index contributed by atoms with van der Waals surface area (Å²) in [5.74, 6) is -0.822. The number of nitrogens with zero attached hydrogens (tertiary/aromatic N) is 6. The number of hydrogen-bond acceptors (Lipinski definition) is 8. The molecule has 40 heavy (non-hydrogen) atoms. The van der Waals surface area contributed by atoms with Crippen LogP contribution in [0.4, 0.5) is 36.2 Å². The van der Waals surface area contributed by atoms with Crippen LogP contribution in [0.1, 0.15) is 0 Å². The molecule has 210 valence electrons. The average Bonchev–Trinajstić information content (AvgIpc) is 3.23. The third-order valence-corrected chi connectivity index (χ3v) is 6.06. The van der Waals surface area contributed by atoms with Crippen molar-refractivity contribution in [2.24, 2.45) is 7.05 Å². The molecule has 1 amide bonds. The maximum atomic E-state index is 14.0. The van der Waals surface area contributed by atoms with Crippen LogP contribution < -0.4 is 20.3 Å². The number of aryl methyl sites for hydroxylation is 1. The summed E-state index contributed by atoms with van der Waals surface area (Å²) in [6, 6.07) is 7.26. The Morgan fingerprint density at radius 2 is 1.93 bits per heavy atom. The number of fused-ring (bicyclic) bond motifs is 1. The first-order chi connectivity index (χ1) is 19.0. The minimum atomic E-state index is -3.12. The number of hydrogen-bond donors (Lipinski definition) is 2. The molecule has 2 aromatic carbocycles. The lowest BCUT2D eigenvalue weighted by Crippen LogP contribution is -2.29. The molecule has 0 aliphatic rings. The van der Waals surface area contributed by atoms with Crippen molar-refractivity contribution in [2.75, 3.05) is 49.8 Å². The number of nitrogens with one attached hydrogen (secondary N) is 2. The molecule has 0 aliphatic heterocycles. The normalized spacial score (nSPS) is 11.2. The van der Waals surface area contributed by atoms with Crippen molar-refractivity contribution in [2.45, 2.75) is 6.61 Å². The predicted octanol–water partition coefficient (Wildman–Crippen LogP) is 4.64. The maximum absolute atomic E-state index is 14.0. The van der Waals surface area contributed by atoms with E-state index < -0.39 is 18.3 Å². The number of likely N-dealkylation sites (N-methyl/N-ethyl adjacent to an activating group) is 2. The molecular weight excluding hydrogens is 525 g/mol. The molecule has 2 aromatic heterocycles. The molecule has 2 N–H and O–H groups in total. The largest absolute Gasteiger partial charge is 0.433 e. The van der Waals surface area contributed by atoms with Crippen LogP contribution in [0.15, 0.2) is 55.5 Å². The van der Waals surface area contributed by atoms with Crippen LogP contribution in [0, 0.1) is 5.82 Å². The molecule has 0 saturated carbocycles. The number of anilines is 4. The first-order valence-electron chi connectivity index (χ1n) is 12.2. The van der Waals surface area contributed by atoms with Gasteiger partial charge in [-0.25, -0.2) is 14.4 Å². The zero-order valence-electron chi connectivity index (χ0n) is 22.5. The van der Waals surface area contributed by atoms with Gasteiger partial charge in [0.1, 0.15) is 12.1 Å². The Bertz CT molecular complexity index is 1540. The number of aromatic nitrogens is 4. The van der Waals surface area contributed by atoms with Crippen LogP contribution >= 0.6 is 0 Å². The molecule has 0 aliphatic carbocycles. The highest BCUT2D eigenvalue weighted by Gasteiger charge is 2.20. The Labute approximate surface area is 229 Å². The van der Waals surface area contributed by atoms with E-state index in [1.54, 1.807) is 19.3 Å². The molecule has 0 radical (unpaired) electrons. The van der Waals surface area contributed by atoms with Crippen molar-refractivity contribution < 1.29 is 22.7 Å². The van der Waals surface area contributed by atoms with Crippen molar-refractivity contribution in [3.63, 3.8) is 0 Å². The van der Waals surface area contributed by atoms with Crippen molar-refractivity contribution in [3.8, 4) is 17.1 Å². The fourth-order valence-electron chi connectivity index (χ4n) is 4.08. The summed E-state index contributed by atoms with van der Waals surface area (Å²) in [5, 5.41) is 6.21. The second-order valence-corrected chi connectivity index (χ2v) is 9.24. The summed E-state index contributed by atoms with van der Waals surface area (Å²) in [6.07, 6.45) is 4.11. The SMILES string of the molecule is C=CC(=O)Nc1cc(Nc2ncnc(-c3cn(C)c4ccc(F)cc34)n2)c(OC(F)F)cc1N(C)CCN(C)C. The molecule has 0 atom stereocenters. The quantitative estimate of drug-likeness (QED) is 0.259. The summed E-state index contributed by atoms with van der Waals surface area (Å²) in [7, 11) is 7.40. The number of rotatable bonds is 11. The highest BCUT2D eigenvalue weighted by molar-refractivity contribution is 6.02. The molecule has 10 nitrogen and oxygen atoms in total. The zero-order chi connectivity index (χ0) is 29.0. The lowest BCUT2D eigenvalue weighted by Gasteiger charge is -2.26. The van der Waals surface area contributed by atoms with Gasteiger partial charge in [0.05, 0.1) is 17.1 Å². The van der Waals surface area contributed by atoms with Crippen LogP contribution in [-0.4, -0.2) is 71.2 Å². The molecule has 4 rings (SSSR count). The molecule has 2 heterocycles. The van der Waals surface area contributed by atoms with Crippen LogP contribution in [0.3, 0.4) is 0 Å². The molecule has 0 unspecified atom stereocenters.